The van der Waals surface area contributed by atoms with Crippen LogP contribution in [-0.2, 0) is 26.2 Å². The van der Waals surface area contributed by atoms with Crippen LogP contribution in [0.4, 0.5) is 0 Å². The van der Waals surface area contributed by atoms with Gasteiger partial charge in [-0.3, -0.25) is 6.08 Å². The van der Waals surface area contributed by atoms with Crippen LogP contribution in [0.5, 0.6) is 0 Å². The van der Waals surface area contributed by atoms with E-state index in [0.717, 1.165) is 0 Å². The van der Waals surface area contributed by atoms with Gasteiger partial charge in [0.15, 0.2) is 0 Å². The molecule has 29 heavy (non-hydrogen) atoms. The summed E-state index contributed by atoms with van der Waals surface area (Å²) in [4.78, 5) is 2.68. The fourth-order valence-corrected chi connectivity index (χ4v) is 5.11. The number of allylic oxidation sites excluding steroid dienone is 1. The monoisotopic (exact) mass is 574 g/mol. The first-order chi connectivity index (χ1) is 12.8. The van der Waals surface area contributed by atoms with Crippen molar-refractivity contribution < 1.29 is 51.0 Å². The molecule has 0 aromatic heterocycles. The summed E-state index contributed by atoms with van der Waals surface area (Å²) in [5, 5.41) is 2.59. The first-order valence-corrected chi connectivity index (χ1v) is 10.2. The minimum atomic E-state index is 0. The molecule has 0 spiro atoms. The molecule has 4 aromatic carbocycles. The van der Waals surface area contributed by atoms with E-state index < -0.39 is 0 Å². The molecular weight excluding hydrogens is 562 g/mol. The van der Waals surface area contributed by atoms with E-state index in [1.54, 1.807) is 0 Å². The summed E-state index contributed by atoms with van der Waals surface area (Å²) in [5.74, 6) is 0.343. The third-order valence-electron chi connectivity index (χ3n) is 4.85. The summed E-state index contributed by atoms with van der Waals surface area (Å²) in [6.45, 7) is 0. The Hall–Kier alpha value is -0.697. The van der Waals surface area contributed by atoms with Crippen LogP contribution in [0.3, 0.4) is 0 Å². The van der Waals surface area contributed by atoms with Crippen molar-refractivity contribution in [3.05, 3.63) is 106 Å². The van der Waals surface area contributed by atoms with E-state index in [9.17, 15) is 0 Å². The van der Waals surface area contributed by atoms with Crippen LogP contribution in [0.1, 0.15) is 22.6 Å². The van der Waals surface area contributed by atoms with Crippen molar-refractivity contribution in [2.24, 2.45) is 0 Å². The van der Waals surface area contributed by atoms with Crippen LogP contribution in [0.2, 0.25) is 0 Å². The van der Waals surface area contributed by atoms with Crippen molar-refractivity contribution in [2.75, 3.05) is 0 Å². The van der Waals surface area contributed by atoms with Gasteiger partial charge in [0.2, 0.25) is 0 Å². The Labute approximate surface area is 215 Å². The van der Waals surface area contributed by atoms with Crippen LogP contribution in [0.15, 0.2) is 93.1 Å². The molecule has 0 amide bonds. The molecule has 5 heteroatoms. The van der Waals surface area contributed by atoms with E-state index in [2.05, 4.69) is 101 Å². The largest absolute Gasteiger partial charge is 4.00 e. The van der Waals surface area contributed by atoms with Crippen molar-refractivity contribution >= 4 is 44.5 Å². The first-order valence-electron chi connectivity index (χ1n) is 8.59. The fourth-order valence-electron chi connectivity index (χ4n) is 3.59. The Balaban J connectivity index is 0.000000204. The van der Waals surface area contributed by atoms with Gasteiger partial charge in [-0.2, -0.15) is 5.56 Å². The summed E-state index contributed by atoms with van der Waals surface area (Å²) in [6.07, 6.45) is 5.63. The van der Waals surface area contributed by atoms with Gasteiger partial charge in [0.1, 0.15) is 0 Å². The van der Waals surface area contributed by atoms with E-state index in [1.165, 1.54) is 41.7 Å². The zero-order valence-corrected chi connectivity index (χ0v) is 21.6. The second kappa shape index (κ2) is 10.6. The molecular formula is C24H15BrCl2SZr. The molecule has 1 unspecified atom stereocenters. The van der Waals surface area contributed by atoms with E-state index in [-0.39, 0.29) is 51.0 Å². The van der Waals surface area contributed by atoms with Gasteiger partial charge in [-0.15, -0.1) is 74.4 Å². The molecule has 142 valence electrons. The number of fused-ring (bicyclic) bond motifs is 4. The molecule has 0 saturated carbocycles. The van der Waals surface area contributed by atoms with Gasteiger partial charge in [0.05, 0.1) is 0 Å². The van der Waals surface area contributed by atoms with E-state index >= 15 is 0 Å². The molecule has 1 heterocycles. The zero-order valence-electron chi connectivity index (χ0n) is 15.2. The maximum absolute atomic E-state index is 3.47. The molecule has 0 saturated heterocycles. The van der Waals surface area contributed by atoms with Crippen molar-refractivity contribution in [1.82, 2.24) is 0 Å². The molecule has 0 radical (unpaired) electrons. The number of benzene rings is 3. The minimum Gasteiger partial charge on any atom is -1.00 e. The molecule has 1 aliphatic heterocycles. The van der Waals surface area contributed by atoms with Gasteiger partial charge >= 0.3 is 26.2 Å². The molecule has 0 nitrogen and oxygen atoms in total. The van der Waals surface area contributed by atoms with Crippen LogP contribution >= 0.6 is 27.7 Å². The molecule has 1 atom stereocenters. The van der Waals surface area contributed by atoms with E-state index in [4.69, 9.17) is 0 Å². The number of hydrogen-bond acceptors (Lipinski definition) is 1. The molecule has 0 fully saturated rings. The molecule has 2 aliphatic rings. The van der Waals surface area contributed by atoms with Gasteiger partial charge in [0.25, 0.3) is 0 Å². The summed E-state index contributed by atoms with van der Waals surface area (Å²) in [7, 11) is 0. The summed E-state index contributed by atoms with van der Waals surface area (Å²) >= 11 is 5.32. The first kappa shape index (κ1) is 24.6. The Bertz CT molecular complexity index is 1150. The van der Waals surface area contributed by atoms with Crippen LogP contribution in [0.25, 0.3) is 16.8 Å². The fraction of sp³-hybridized carbons (Fsp3) is 0.0417. The van der Waals surface area contributed by atoms with Gasteiger partial charge in [-0.05, 0) is 12.1 Å². The zero-order chi connectivity index (χ0) is 17.5. The maximum atomic E-state index is 3.47. The minimum absolute atomic E-state index is 0. The van der Waals surface area contributed by atoms with Gasteiger partial charge in [0, 0.05) is 4.90 Å². The van der Waals surface area contributed by atoms with Crippen LogP contribution in [-0.4, -0.2) is 0 Å². The quantitative estimate of drug-likeness (QED) is 0.286. The second-order valence-electron chi connectivity index (χ2n) is 6.45. The van der Waals surface area contributed by atoms with E-state index in [0.29, 0.717) is 5.92 Å². The van der Waals surface area contributed by atoms with Gasteiger partial charge in [-0.1, -0.05) is 57.2 Å². The topological polar surface area (TPSA) is 0 Å². The molecule has 6 bridgehead atoms. The average molecular weight is 577 g/mol. The van der Waals surface area contributed by atoms with Crippen molar-refractivity contribution in [3.8, 4) is 0 Å². The number of hydrogen-bond donors (Lipinski definition) is 0. The SMILES string of the molecule is Brc1c[cH-]c2ccccc12.[C-]1=Cc2c3cccc2C1c1cccc(c1)S3.[Cl-].[Cl-].[Zr+4]. The number of rotatable bonds is 0. The average Bonchev–Trinajstić information content (AvgIpc) is 3.28. The van der Waals surface area contributed by atoms with Crippen LogP contribution in [0, 0.1) is 6.08 Å². The Morgan fingerprint density at radius 1 is 0.931 bits per heavy atom. The molecule has 4 aromatic rings. The standard InChI is InChI=1S/C15H9S.C9H6Br.2ClH.Zr/c1-3-10-9-11(4-1)16-15-6-2-5-13-12(10)7-8-14(13)15;10-9-6-5-7-3-1-2-4-8(7)9;;;/h1-6,8-9,12H;1-6H;2*1H;/q2*-1;;;+4/p-2. The normalized spacial score (nSPS) is 14.3. The predicted octanol–water partition coefficient (Wildman–Crippen LogP) is 1.44. The molecule has 1 aliphatic carbocycles. The summed E-state index contributed by atoms with van der Waals surface area (Å²) in [5.41, 5.74) is 4.13. The smallest absolute Gasteiger partial charge is 1.00 e. The van der Waals surface area contributed by atoms with Crippen molar-refractivity contribution in [1.29, 1.82) is 0 Å². The number of halogens is 3. The van der Waals surface area contributed by atoms with Gasteiger partial charge in [-0.25, -0.2) is 6.08 Å². The molecule has 6 rings (SSSR count). The molecule has 0 N–H and O–H groups in total. The van der Waals surface area contributed by atoms with Crippen molar-refractivity contribution in [3.63, 3.8) is 0 Å². The third kappa shape index (κ3) is 4.81. The predicted molar refractivity (Wildman–Crippen MR) is 114 cm³/mol. The Morgan fingerprint density at radius 2 is 1.72 bits per heavy atom. The van der Waals surface area contributed by atoms with Crippen molar-refractivity contribution in [2.45, 2.75) is 15.7 Å². The van der Waals surface area contributed by atoms with Crippen LogP contribution < -0.4 is 24.8 Å². The third-order valence-corrected chi connectivity index (χ3v) is 6.61. The van der Waals surface area contributed by atoms with Gasteiger partial charge < -0.3 is 24.8 Å². The Kier molecular flexibility index (Phi) is 8.94. The van der Waals surface area contributed by atoms with E-state index in [1.807, 2.05) is 17.8 Å². The summed E-state index contributed by atoms with van der Waals surface area (Å²) < 4.78 is 1.18. The maximum Gasteiger partial charge on any atom is 4.00 e. The Morgan fingerprint density at radius 3 is 2.55 bits per heavy atom. The summed E-state index contributed by atoms with van der Waals surface area (Å²) in [6, 6.07) is 27.9. The second-order valence-corrected chi connectivity index (χ2v) is 8.42.